The van der Waals surface area contributed by atoms with Crippen LogP contribution < -0.4 is 5.32 Å². The second-order valence-corrected chi connectivity index (χ2v) is 5.32. The molecule has 3 rings (SSSR count). The molecule has 1 fully saturated rings. The number of benzene rings is 1. The molecule has 8 heteroatoms. The number of aliphatic hydroxyl groups excluding tert-OH is 1. The topological polar surface area (TPSA) is 71.2 Å². The first-order chi connectivity index (χ1) is 9.56. The van der Waals surface area contributed by atoms with Crippen LogP contribution in [-0.4, -0.2) is 27.9 Å². The van der Waals surface area contributed by atoms with Crippen LogP contribution in [0.3, 0.4) is 0 Å². The van der Waals surface area contributed by atoms with E-state index >= 15 is 0 Å². The van der Waals surface area contributed by atoms with Gasteiger partial charge in [0.05, 0.1) is 16.6 Å². The molecule has 5 nitrogen and oxygen atoms in total. The van der Waals surface area contributed by atoms with Gasteiger partial charge in [0.25, 0.3) is 0 Å². The third kappa shape index (κ3) is 2.34. The van der Waals surface area contributed by atoms with Crippen LogP contribution in [0.25, 0.3) is 11.4 Å². The van der Waals surface area contributed by atoms with Crippen LogP contribution in [0.2, 0.25) is 0 Å². The summed E-state index contributed by atoms with van der Waals surface area (Å²) >= 11 is 2.98. The Morgan fingerprint density at radius 1 is 1.40 bits per heavy atom. The second-order valence-electron chi connectivity index (χ2n) is 4.53. The predicted molar refractivity (Wildman–Crippen MR) is 68.7 cm³/mol. The maximum absolute atomic E-state index is 13.5. The van der Waals surface area contributed by atoms with Gasteiger partial charge >= 0.3 is 0 Å². The van der Waals surface area contributed by atoms with Crippen molar-refractivity contribution in [1.82, 2.24) is 15.5 Å². The Labute approximate surface area is 121 Å². The van der Waals surface area contributed by atoms with E-state index in [9.17, 15) is 13.9 Å². The summed E-state index contributed by atoms with van der Waals surface area (Å²) in [5.74, 6) is -1.48. The Kier molecular flexibility index (Phi) is 3.53. The van der Waals surface area contributed by atoms with Gasteiger partial charge in [-0.25, -0.2) is 8.78 Å². The van der Waals surface area contributed by atoms with E-state index in [1.165, 1.54) is 6.07 Å². The first kappa shape index (κ1) is 13.6. The van der Waals surface area contributed by atoms with Gasteiger partial charge in [-0.05, 0) is 34.5 Å². The quantitative estimate of drug-likeness (QED) is 0.816. The van der Waals surface area contributed by atoms with E-state index in [0.29, 0.717) is 24.4 Å². The van der Waals surface area contributed by atoms with Gasteiger partial charge in [0.2, 0.25) is 11.7 Å². The van der Waals surface area contributed by atoms with E-state index in [2.05, 4.69) is 31.4 Å². The number of halogens is 3. The van der Waals surface area contributed by atoms with Crippen LogP contribution in [0, 0.1) is 11.6 Å². The molecular formula is C12H10BrF2N3O2. The van der Waals surface area contributed by atoms with Crippen molar-refractivity contribution in [1.29, 1.82) is 0 Å². The molecule has 0 radical (unpaired) electrons. The summed E-state index contributed by atoms with van der Waals surface area (Å²) in [5.41, 5.74) is 0.303. The van der Waals surface area contributed by atoms with Gasteiger partial charge in [0, 0.05) is 12.1 Å². The molecule has 2 N–H and O–H groups in total. The largest absolute Gasteiger partial charge is 0.392 e. The molecule has 0 spiro atoms. The number of aliphatic hydroxyl groups is 1. The molecule has 0 saturated carbocycles. The fraction of sp³-hybridized carbons (Fsp3) is 0.333. The number of hydrogen-bond donors (Lipinski definition) is 2. The normalized spacial score (nSPS) is 22.4. The Balaban J connectivity index is 1.92. The van der Waals surface area contributed by atoms with E-state index in [1.807, 2.05) is 0 Å². The summed E-state index contributed by atoms with van der Waals surface area (Å²) in [4.78, 5) is 4.16. The molecule has 2 heterocycles. The molecule has 20 heavy (non-hydrogen) atoms. The van der Waals surface area contributed by atoms with Crippen molar-refractivity contribution in [3.8, 4) is 11.4 Å². The first-order valence-corrected chi connectivity index (χ1v) is 6.74. The van der Waals surface area contributed by atoms with Crippen molar-refractivity contribution >= 4 is 15.9 Å². The highest BCUT2D eigenvalue weighted by Crippen LogP contribution is 2.31. The Bertz CT molecular complexity index is 650. The van der Waals surface area contributed by atoms with Crippen LogP contribution in [0.1, 0.15) is 18.4 Å². The van der Waals surface area contributed by atoms with Crippen molar-refractivity contribution in [2.24, 2.45) is 0 Å². The molecule has 1 aromatic carbocycles. The van der Waals surface area contributed by atoms with E-state index in [-0.39, 0.29) is 16.3 Å². The molecule has 1 aliphatic rings. The van der Waals surface area contributed by atoms with Gasteiger partial charge in [-0.3, -0.25) is 0 Å². The van der Waals surface area contributed by atoms with Crippen LogP contribution in [0.15, 0.2) is 21.1 Å². The third-order valence-electron chi connectivity index (χ3n) is 3.12. The van der Waals surface area contributed by atoms with E-state index in [1.54, 1.807) is 0 Å². The lowest BCUT2D eigenvalue weighted by Crippen LogP contribution is -2.15. The number of nitrogens with zero attached hydrogens (tertiary/aromatic N) is 2. The average molecular weight is 346 g/mol. The molecule has 0 bridgehead atoms. The first-order valence-electron chi connectivity index (χ1n) is 5.95. The molecule has 2 aromatic rings. The number of nitrogens with one attached hydrogen (secondary N) is 1. The molecule has 106 valence electrons. The number of hydrogen-bond acceptors (Lipinski definition) is 5. The molecule has 0 amide bonds. The smallest absolute Gasteiger partial charge is 0.244 e. The second kappa shape index (κ2) is 5.19. The SMILES string of the molecule is O[C@@H]1CN[C@H](c2nc(-c3ccc(F)c(F)c3Br)no2)C1. The molecule has 1 aromatic heterocycles. The lowest BCUT2D eigenvalue weighted by molar-refractivity contribution is 0.191. The Morgan fingerprint density at radius 3 is 2.90 bits per heavy atom. The van der Waals surface area contributed by atoms with Crippen molar-refractivity contribution < 1.29 is 18.4 Å². The van der Waals surface area contributed by atoms with Crippen molar-refractivity contribution in [2.45, 2.75) is 18.6 Å². The molecule has 0 unspecified atom stereocenters. The standard InChI is InChI=1S/C12H10BrF2N3O2/c13-9-6(1-2-7(14)10(9)15)11-17-12(20-18-11)8-3-5(19)4-16-8/h1-2,5,8,16,19H,3-4H2/t5-,8-/m0/s1. The number of rotatable bonds is 2. The Morgan fingerprint density at radius 2 is 2.20 bits per heavy atom. The Hall–Kier alpha value is -1.38. The summed E-state index contributed by atoms with van der Waals surface area (Å²) < 4.78 is 31.6. The van der Waals surface area contributed by atoms with Crippen LogP contribution in [-0.2, 0) is 0 Å². The molecule has 0 aliphatic carbocycles. The lowest BCUT2D eigenvalue weighted by Gasteiger charge is -2.02. The highest BCUT2D eigenvalue weighted by Gasteiger charge is 2.28. The van der Waals surface area contributed by atoms with Crippen LogP contribution >= 0.6 is 15.9 Å². The lowest BCUT2D eigenvalue weighted by atomic mass is 10.2. The van der Waals surface area contributed by atoms with Crippen molar-refractivity contribution in [3.05, 3.63) is 34.1 Å². The minimum Gasteiger partial charge on any atom is -0.392 e. The summed E-state index contributed by atoms with van der Waals surface area (Å²) in [5, 5.41) is 16.2. The third-order valence-corrected chi connectivity index (χ3v) is 3.90. The van der Waals surface area contributed by atoms with E-state index in [4.69, 9.17) is 4.52 Å². The maximum Gasteiger partial charge on any atom is 0.244 e. The van der Waals surface area contributed by atoms with E-state index < -0.39 is 17.7 Å². The van der Waals surface area contributed by atoms with Gasteiger partial charge in [-0.2, -0.15) is 4.98 Å². The average Bonchev–Trinajstić information content (AvgIpc) is 3.05. The van der Waals surface area contributed by atoms with Gasteiger partial charge in [-0.15, -0.1) is 0 Å². The summed E-state index contributed by atoms with van der Waals surface area (Å²) in [6.07, 6.45) is 0.0194. The molecule has 2 atom stereocenters. The molecule has 1 saturated heterocycles. The van der Waals surface area contributed by atoms with Crippen molar-refractivity contribution in [2.75, 3.05) is 6.54 Å². The fourth-order valence-corrected chi connectivity index (χ4v) is 2.59. The minimum atomic E-state index is -0.997. The summed E-state index contributed by atoms with van der Waals surface area (Å²) in [6.45, 7) is 0.456. The van der Waals surface area contributed by atoms with E-state index in [0.717, 1.165) is 6.07 Å². The van der Waals surface area contributed by atoms with Gasteiger partial charge in [-0.1, -0.05) is 5.16 Å². The van der Waals surface area contributed by atoms with Crippen molar-refractivity contribution in [3.63, 3.8) is 0 Å². The number of β-amino-alcohol motifs (C(OH)–C–C–N with tert-alkyl or cyclic N) is 1. The zero-order valence-electron chi connectivity index (χ0n) is 10.1. The van der Waals surface area contributed by atoms with Gasteiger partial charge < -0.3 is 14.9 Å². The number of aromatic nitrogens is 2. The molecule has 1 aliphatic heterocycles. The zero-order chi connectivity index (χ0) is 14.3. The van der Waals surface area contributed by atoms with Crippen LogP contribution in [0.5, 0.6) is 0 Å². The summed E-state index contributed by atoms with van der Waals surface area (Å²) in [7, 11) is 0. The zero-order valence-corrected chi connectivity index (χ0v) is 11.7. The minimum absolute atomic E-state index is 0.0516. The molecular weight excluding hydrogens is 336 g/mol. The van der Waals surface area contributed by atoms with Gasteiger partial charge in [0.15, 0.2) is 11.6 Å². The highest BCUT2D eigenvalue weighted by atomic mass is 79.9. The fourth-order valence-electron chi connectivity index (χ4n) is 2.09. The monoisotopic (exact) mass is 345 g/mol. The highest BCUT2D eigenvalue weighted by molar-refractivity contribution is 9.10. The van der Waals surface area contributed by atoms with Gasteiger partial charge in [0.1, 0.15) is 0 Å². The predicted octanol–water partition coefficient (Wildman–Crippen LogP) is 2.17. The maximum atomic E-state index is 13.5. The summed E-state index contributed by atoms with van der Waals surface area (Å²) in [6, 6.07) is 2.15. The van der Waals surface area contributed by atoms with Crippen LogP contribution in [0.4, 0.5) is 8.78 Å².